The Morgan fingerprint density at radius 2 is 1.75 bits per heavy atom. The summed E-state index contributed by atoms with van der Waals surface area (Å²) in [6, 6.07) is 5.90. The molecule has 0 bridgehead atoms. The maximum Gasteiger partial charge on any atom is 0.471 e. The Morgan fingerprint density at radius 3 is 2.25 bits per heavy atom. The molecule has 1 aromatic carbocycles. The van der Waals surface area contributed by atoms with E-state index in [1.165, 1.54) is 4.31 Å². The van der Waals surface area contributed by atoms with E-state index in [4.69, 9.17) is 0 Å². The van der Waals surface area contributed by atoms with Crippen molar-refractivity contribution in [2.45, 2.75) is 38.9 Å². The van der Waals surface area contributed by atoms with Gasteiger partial charge in [-0.25, -0.2) is 0 Å². The van der Waals surface area contributed by atoms with Crippen LogP contribution in [-0.4, -0.2) is 36.0 Å². The average Bonchev–Trinajstić information content (AvgIpc) is 3.31. The molecule has 1 fully saturated rings. The first-order valence-electron chi connectivity index (χ1n) is 8.86. The molecule has 1 saturated heterocycles. The van der Waals surface area contributed by atoms with Crippen molar-refractivity contribution in [1.82, 2.24) is 19.2 Å². The highest BCUT2D eigenvalue weighted by molar-refractivity contribution is 7.87. The van der Waals surface area contributed by atoms with Crippen LogP contribution >= 0.6 is 0 Å². The largest absolute Gasteiger partial charge is 0.471 e. The maximum atomic E-state index is 12.6. The zero-order valence-corrected chi connectivity index (χ0v) is 16.2. The predicted molar refractivity (Wildman–Crippen MR) is 95.2 cm³/mol. The molecule has 28 heavy (non-hydrogen) atoms. The second kappa shape index (κ2) is 7.80. The monoisotopic (exact) mass is 418 g/mol. The molecule has 0 aliphatic carbocycles. The minimum atomic E-state index is -4.71. The van der Waals surface area contributed by atoms with Crippen molar-refractivity contribution in [3.63, 3.8) is 0 Å². The van der Waals surface area contributed by atoms with E-state index in [-0.39, 0.29) is 11.7 Å². The smallest absolute Gasteiger partial charge is 0.329 e. The van der Waals surface area contributed by atoms with Gasteiger partial charge in [0.15, 0.2) is 0 Å². The van der Waals surface area contributed by atoms with Gasteiger partial charge >= 0.3 is 12.1 Å². The van der Waals surface area contributed by atoms with Crippen LogP contribution < -0.4 is 4.72 Å². The van der Waals surface area contributed by atoms with E-state index in [1.54, 1.807) is 24.3 Å². The number of nitrogens with one attached hydrogen (secondary N) is 1. The minimum absolute atomic E-state index is 0.0368. The SMILES string of the molecule is CC(C)C(NS(=O)(=O)N1CCCC1)c1ccc(-c2noc(C(F)(F)F)n2)cc1. The van der Waals surface area contributed by atoms with E-state index in [0.717, 1.165) is 12.8 Å². The highest BCUT2D eigenvalue weighted by atomic mass is 32.2. The van der Waals surface area contributed by atoms with Gasteiger partial charge < -0.3 is 4.52 Å². The Morgan fingerprint density at radius 1 is 1.14 bits per heavy atom. The molecule has 1 atom stereocenters. The van der Waals surface area contributed by atoms with Crippen LogP contribution in [0.15, 0.2) is 28.8 Å². The Labute approximate surface area is 161 Å². The van der Waals surface area contributed by atoms with E-state index >= 15 is 0 Å². The van der Waals surface area contributed by atoms with Crippen molar-refractivity contribution in [3.8, 4) is 11.4 Å². The lowest BCUT2D eigenvalue weighted by Gasteiger charge is -2.26. The summed E-state index contributed by atoms with van der Waals surface area (Å²) in [6.45, 7) is 4.77. The Balaban J connectivity index is 1.80. The zero-order valence-electron chi connectivity index (χ0n) is 15.4. The topological polar surface area (TPSA) is 88.3 Å². The van der Waals surface area contributed by atoms with Crippen molar-refractivity contribution >= 4 is 10.2 Å². The second-order valence-corrected chi connectivity index (χ2v) is 8.70. The molecular formula is C17H21F3N4O3S. The van der Waals surface area contributed by atoms with Crippen molar-refractivity contribution in [2.75, 3.05) is 13.1 Å². The fraction of sp³-hybridized carbons (Fsp3) is 0.529. The number of alkyl halides is 3. The molecule has 1 aliphatic heterocycles. The summed E-state index contributed by atoms with van der Waals surface area (Å²) in [5, 5.41) is 3.35. The molecule has 7 nitrogen and oxygen atoms in total. The van der Waals surface area contributed by atoms with E-state index < -0.39 is 28.3 Å². The van der Waals surface area contributed by atoms with Crippen LogP contribution in [0.3, 0.4) is 0 Å². The van der Waals surface area contributed by atoms with Gasteiger partial charge in [-0.05, 0) is 24.3 Å². The lowest BCUT2D eigenvalue weighted by molar-refractivity contribution is -0.159. The summed E-state index contributed by atoms with van der Waals surface area (Å²) in [5.74, 6) is -1.63. The first kappa shape index (κ1) is 20.7. The number of rotatable bonds is 6. The molecule has 1 aromatic heterocycles. The van der Waals surface area contributed by atoms with Crippen LogP contribution in [-0.2, 0) is 16.4 Å². The van der Waals surface area contributed by atoms with Crippen LogP contribution in [0.4, 0.5) is 13.2 Å². The van der Waals surface area contributed by atoms with Gasteiger partial charge in [0.2, 0.25) is 5.82 Å². The minimum Gasteiger partial charge on any atom is -0.329 e. The van der Waals surface area contributed by atoms with E-state index in [9.17, 15) is 21.6 Å². The van der Waals surface area contributed by atoms with E-state index in [1.807, 2.05) is 13.8 Å². The van der Waals surface area contributed by atoms with E-state index in [2.05, 4.69) is 19.4 Å². The molecule has 1 aliphatic rings. The normalized spacial score (nSPS) is 17.4. The molecule has 0 spiro atoms. The number of hydrogen-bond donors (Lipinski definition) is 1. The maximum absolute atomic E-state index is 12.6. The summed E-state index contributed by atoms with van der Waals surface area (Å²) >= 11 is 0. The second-order valence-electron chi connectivity index (χ2n) is 6.99. The Bertz CT molecular complexity index is 904. The Kier molecular flexibility index (Phi) is 5.78. The molecule has 1 N–H and O–H groups in total. The molecule has 11 heteroatoms. The van der Waals surface area contributed by atoms with Crippen molar-refractivity contribution in [3.05, 3.63) is 35.7 Å². The molecule has 154 valence electrons. The van der Waals surface area contributed by atoms with Gasteiger partial charge in [0.1, 0.15) is 0 Å². The average molecular weight is 418 g/mol. The quantitative estimate of drug-likeness (QED) is 0.777. The molecule has 1 unspecified atom stereocenters. The molecule has 0 amide bonds. The van der Waals surface area contributed by atoms with Crippen LogP contribution in [0, 0.1) is 5.92 Å². The van der Waals surface area contributed by atoms with Crippen molar-refractivity contribution < 1.29 is 26.1 Å². The predicted octanol–water partition coefficient (Wildman–Crippen LogP) is 3.38. The van der Waals surface area contributed by atoms with Gasteiger partial charge in [0.05, 0.1) is 6.04 Å². The molecule has 0 radical (unpaired) electrons. The fourth-order valence-electron chi connectivity index (χ4n) is 3.05. The number of benzene rings is 1. The number of aromatic nitrogens is 2. The van der Waals surface area contributed by atoms with Crippen LogP contribution in [0.2, 0.25) is 0 Å². The highest BCUT2D eigenvalue weighted by Gasteiger charge is 2.38. The first-order chi connectivity index (χ1) is 13.1. The molecule has 2 heterocycles. The summed E-state index contributed by atoms with van der Waals surface area (Å²) in [7, 11) is -3.61. The summed E-state index contributed by atoms with van der Waals surface area (Å²) < 4.78 is 71.4. The standard InChI is InChI=1S/C17H21F3N4O3S/c1-11(2)14(23-28(25,26)24-9-3-4-10-24)12-5-7-13(8-6-12)15-21-16(27-22-15)17(18,19)20/h5-8,11,14,23H,3-4,9-10H2,1-2H3. The van der Waals surface area contributed by atoms with Gasteiger partial charge in [0.25, 0.3) is 10.2 Å². The zero-order chi connectivity index (χ0) is 20.5. The van der Waals surface area contributed by atoms with Gasteiger partial charge in [-0.2, -0.15) is 35.6 Å². The third-order valence-electron chi connectivity index (χ3n) is 4.54. The molecule has 3 rings (SSSR count). The number of nitrogens with zero attached hydrogens (tertiary/aromatic N) is 3. The van der Waals surface area contributed by atoms with Gasteiger partial charge in [0, 0.05) is 18.7 Å². The lowest BCUT2D eigenvalue weighted by Crippen LogP contribution is -2.42. The summed E-state index contributed by atoms with van der Waals surface area (Å²) in [6.07, 6.45) is -3.03. The van der Waals surface area contributed by atoms with Crippen LogP contribution in [0.25, 0.3) is 11.4 Å². The lowest BCUT2D eigenvalue weighted by atomic mass is 9.96. The molecule has 2 aromatic rings. The first-order valence-corrected chi connectivity index (χ1v) is 10.3. The molecular weight excluding hydrogens is 397 g/mol. The van der Waals surface area contributed by atoms with Crippen LogP contribution in [0.5, 0.6) is 0 Å². The van der Waals surface area contributed by atoms with Crippen molar-refractivity contribution in [2.24, 2.45) is 5.92 Å². The van der Waals surface area contributed by atoms with Crippen LogP contribution in [0.1, 0.15) is 44.2 Å². The summed E-state index contributed by atoms with van der Waals surface area (Å²) in [5.41, 5.74) is 1.04. The van der Waals surface area contributed by atoms with Gasteiger partial charge in [-0.3, -0.25) is 0 Å². The highest BCUT2D eigenvalue weighted by Crippen LogP contribution is 2.30. The molecule has 0 saturated carbocycles. The fourth-order valence-corrected chi connectivity index (χ4v) is 4.67. The van der Waals surface area contributed by atoms with Gasteiger partial charge in [-0.15, -0.1) is 0 Å². The Hall–Kier alpha value is -1.98. The third kappa shape index (κ3) is 4.53. The van der Waals surface area contributed by atoms with Gasteiger partial charge in [-0.1, -0.05) is 43.3 Å². The summed E-state index contributed by atoms with van der Waals surface area (Å²) in [4.78, 5) is 3.35. The van der Waals surface area contributed by atoms with E-state index in [0.29, 0.717) is 24.2 Å². The number of halogens is 3. The number of hydrogen-bond acceptors (Lipinski definition) is 5. The third-order valence-corrected chi connectivity index (χ3v) is 6.14. The van der Waals surface area contributed by atoms with Crippen molar-refractivity contribution in [1.29, 1.82) is 0 Å².